The smallest absolute Gasteiger partial charge is 0.131 e. The summed E-state index contributed by atoms with van der Waals surface area (Å²) >= 11 is 0. The Labute approximate surface area is 242 Å². The molecule has 3 N–H and O–H groups in total. The first-order chi connectivity index (χ1) is 18.2. The Kier molecular flexibility index (Phi) is 6.81. The Morgan fingerprint density at radius 2 is 0.950 bits per heavy atom. The normalized spacial score (nSPS) is 30.9. The molecule has 0 radical (unpaired) electrons. The van der Waals surface area contributed by atoms with Crippen LogP contribution in [-0.2, 0) is 0 Å². The minimum Gasteiger partial charge on any atom is -0.488 e. The van der Waals surface area contributed by atoms with E-state index < -0.39 is 0 Å². The Balaban J connectivity index is 1.51. The topological polar surface area (TPSA) is 63.8 Å². The van der Waals surface area contributed by atoms with Crippen molar-refractivity contribution >= 4 is 10.8 Å². The molecule has 2 aromatic carbocycles. The highest BCUT2D eigenvalue weighted by Gasteiger charge is 2.48. The van der Waals surface area contributed by atoms with E-state index in [2.05, 4.69) is 129 Å². The molecule has 3 unspecified atom stereocenters. The van der Waals surface area contributed by atoms with Crippen molar-refractivity contribution in [3.8, 4) is 17.2 Å². The number of fused-ring (bicyclic) bond motifs is 1. The molecule has 0 amide bonds. The molecule has 3 aliphatic rings. The van der Waals surface area contributed by atoms with Crippen molar-refractivity contribution in [2.45, 2.75) is 154 Å². The lowest BCUT2D eigenvalue weighted by Gasteiger charge is -2.30. The zero-order valence-corrected chi connectivity index (χ0v) is 27.0. The van der Waals surface area contributed by atoms with Crippen molar-refractivity contribution in [1.29, 1.82) is 0 Å². The van der Waals surface area contributed by atoms with Gasteiger partial charge in [0.1, 0.15) is 35.6 Å². The zero-order valence-electron chi connectivity index (χ0n) is 27.0. The van der Waals surface area contributed by atoms with Gasteiger partial charge in [0.25, 0.3) is 0 Å². The molecule has 0 aromatic heterocycles. The van der Waals surface area contributed by atoms with Crippen molar-refractivity contribution in [1.82, 2.24) is 16.0 Å². The van der Waals surface area contributed by atoms with Crippen molar-refractivity contribution in [2.75, 3.05) is 0 Å². The van der Waals surface area contributed by atoms with Crippen LogP contribution in [0.1, 0.15) is 102 Å². The number of benzene rings is 2. The van der Waals surface area contributed by atoms with E-state index in [1.165, 1.54) is 0 Å². The van der Waals surface area contributed by atoms with Crippen LogP contribution >= 0.6 is 0 Å². The minimum atomic E-state index is -0.159. The van der Waals surface area contributed by atoms with Gasteiger partial charge >= 0.3 is 0 Å². The zero-order chi connectivity index (χ0) is 29.5. The van der Waals surface area contributed by atoms with Crippen LogP contribution in [0.25, 0.3) is 10.8 Å². The maximum Gasteiger partial charge on any atom is 0.131 e. The van der Waals surface area contributed by atoms with Gasteiger partial charge in [0.2, 0.25) is 0 Å². The average molecular weight is 552 g/mol. The molecule has 0 aliphatic carbocycles. The summed E-state index contributed by atoms with van der Waals surface area (Å²) in [6.45, 7) is 26.8. The monoisotopic (exact) mass is 551 g/mol. The highest BCUT2D eigenvalue weighted by molar-refractivity contribution is 5.91. The van der Waals surface area contributed by atoms with E-state index in [1.807, 2.05) is 0 Å². The molecule has 3 heterocycles. The van der Waals surface area contributed by atoms with Crippen molar-refractivity contribution in [3.05, 3.63) is 30.3 Å². The second kappa shape index (κ2) is 9.24. The van der Waals surface area contributed by atoms with Crippen LogP contribution in [0.4, 0.5) is 0 Å². The molecule has 2 aromatic rings. The van der Waals surface area contributed by atoms with Crippen LogP contribution in [0.3, 0.4) is 0 Å². The fourth-order valence-electron chi connectivity index (χ4n) is 7.73. The van der Waals surface area contributed by atoms with Gasteiger partial charge in [-0.05, 0) is 107 Å². The fraction of sp³-hybridized carbons (Fsp3) is 0.706. The van der Waals surface area contributed by atoms with Crippen molar-refractivity contribution in [3.63, 3.8) is 0 Å². The first-order valence-electron chi connectivity index (χ1n) is 15.1. The lowest BCUT2D eigenvalue weighted by molar-refractivity contribution is 0.135. The molecule has 222 valence electrons. The van der Waals surface area contributed by atoms with Gasteiger partial charge in [-0.3, -0.25) is 0 Å². The summed E-state index contributed by atoms with van der Waals surface area (Å²) in [7, 11) is 0. The molecule has 0 saturated carbocycles. The van der Waals surface area contributed by atoms with E-state index in [9.17, 15) is 0 Å². The van der Waals surface area contributed by atoms with Gasteiger partial charge in [-0.1, -0.05) is 6.07 Å². The van der Waals surface area contributed by atoms with Gasteiger partial charge in [0.15, 0.2) is 0 Å². The van der Waals surface area contributed by atoms with Crippen LogP contribution in [0.5, 0.6) is 17.2 Å². The van der Waals surface area contributed by atoms with Crippen LogP contribution in [0.2, 0.25) is 0 Å². The van der Waals surface area contributed by atoms with E-state index in [0.717, 1.165) is 47.3 Å². The van der Waals surface area contributed by atoms with E-state index >= 15 is 0 Å². The summed E-state index contributed by atoms with van der Waals surface area (Å²) in [6, 6.07) is 10.6. The average Bonchev–Trinajstić information content (AvgIpc) is 3.20. The SMILES string of the molecule is CC1(C)CC(Oc2cc(OC3CC(C)(C)NC3(C)C)c3cc(OC4CC(C)(C)NC4(C)C)ccc3c2)C(C)(C)N1. The second-order valence-corrected chi connectivity index (χ2v) is 16.4. The van der Waals surface area contributed by atoms with Gasteiger partial charge in [0.05, 0.1) is 16.6 Å². The molecule has 0 bridgehead atoms. The first kappa shape index (κ1) is 29.5. The van der Waals surface area contributed by atoms with Crippen molar-refractivity contribution in [2.24, 2.45) is 0 Å². The van der Waals surface area contributed by atoms with Gasteiger partial charge in [-0.2, -0.15) is 0 Å². The van der Waals surface area contributed by atoms with Gasteiger partial charge < -0.3 is 30.2 Å². The molecule has 3 aliphatic heterocycles. The van der Waals surface area contributed by atoms with Gasteiger partial charge in [-0.15, -0.1) is 0 Å². The van der Waals surface area contributed by atoms with Gasteiger partial charge in [-0.25, -0.2) is 0 Å². The summed E-state index contributed by atoms with van der Waals surface area (Å²) in [5.41, 5.74) is -0.334. The van der Waals surface area contributed by atoms with E-state index in [4.69, 9.17) is 14.2 Å². The van der Waals surface area contributed by atoms with E-state index in [1.54, 1.807) is 0 Å². The Bertz CT molecular complexity index is 1280. The summed E-state index contributed by atoms with van der Waals surface area (Å²) in [5, 5.41) is 13.4. The largest absolute Gasteiger partial charge is 0.488 e. The standard InChI is InChI=1S/C34H53N3O3/c1-29(2)18-26(32(7,8)35-29)38-22-14-13-21-15-23(39-27-19-30(3,4)36-33(27,9)10)17-25(24(21)16-22)40-28-20-31(5,6)37-34(28,11)12/h13-17,26-28,35-37H,18-20H2,1-12H3. The maximum atomic E-state index is 6.91. The molecule has 3 atom stereocenters. The molecule has 5 rings (SSSR count). The third-order valence-electron chi connectivity index (χ3n) is 9.17. The molecule has 40 heavy (non-hydrogen) atoms. The number of ether oxygens (including phenoxy) is 3. The van der Waals surface area contributed by atoms with Crippen LogP contribution in [-0.4, -0.2) is 51.5 Å². The molecule has 3 saturated heterocycles. The first-order valence-corrected chi connectivity index (χ1v) is 15.1. The minimum absolute atomic E-state index is 0.00529. The van der Waals surface area contributed by atoms with Crippen LogP contribution in [0, 0.1) is 0 Å². The second-order valence-electron chi connectivity index (χ2n) is 16.4. The Morgan fingerprint density at radius 3 is 1.38 bits per heavy atom. The number of hydrogen-bond donors (Lipinski definition) is 3. The van der Waals surface area contributed by atoms with Crippen molar-refractivity contribution < 1.29 is 14.2 Å². The lowest BCUT2D eigenvalue weighted by atomic mass is 9.96. The Morgan fingerprint density at radius 1 is 0.525 bits per heavy atom. The highest BCUT2D eigenvalue weighted by atomic mass is 16.5. The molecular weight excluding hydrogens is 498 g/mol. The molecule has 6 heteroatoms. The number of rotatable bonds is 6. The quantitative estimate of drug-likeness (QED) is 0.370. The summed E-state index contributed by atoms with van der Waals surface area (Å²) < 4.78 is 20.3. The molecular formula is C34H53N3O3. The van der Waals surface area contributed by atoms with Crippen LogP contribution in [0.15, 0.2) is 30.3 Å². The number of hydrogen-bond acceptors (Lipinski definition) is 6. The van der Waals surface area contributed by atoms with Gasteiger partial charge in [0, 0.05) is 47.3 Å². The lowest BCUT2D eigenvalue weighted by Crippen LogP contribution is -2.48. The fourth-order valence-corrected chi connectivity index (χ4v) is 7.73. The maximum absolute atomic E-state index is 6.91. The third-order valence-corrected chi connectivity index (χ3v) is 9.17. The third kappa shape index (κ3) is 5.96. The molecule has 0 spiro atoms. The predicted octanol–water partition coefficient (Wildman–Crippen LogP) is 6.73. The van der Waals surface area contributed by atoms with E-state index in [0.29, 0.717) is 0 Å². The number of nitrogens with one attached hydrogen (secondary N) is 3. The Hall–Kier alpha value is -2.02. The summed E-state index contributed by atoms with van der Waals surface area (Å²) in [5.74, 6) is 2.57. The predicted molar refractivity (Wildman–Crippen MR) is 165 cm³/mol. The van der Waals surface area contributed by atoms with E-state index in [-0.39, 0.29) is 51.5 Å². The summed E-state index contributed by atoms with van der Waals surface area (Å²) in [4.78, 5) is 0. The highest BCUT2D eigenvalue weighted by Crippen LogP contribution is 2.42. The molecule has 3 fully saturated rings. The molecule has 6 nitrogen and oxygen atoms in total. The van der Waals surface area contributed by atoms with Crippen LogP contribution < -0.4 is 30.2 Å². The summed E-state index contributed by atoms with van der Waals surface area (Å²) in [6.07, 6.45) is 2.97.